The van der Waals surface area contributed by atoms with E-state index in [0.717, 1.165) is 12.8 Å². The number of carboxylic acid groups (broad SMARTS) is 1. The molecule has 0 bridgehead atoms. The average Bonchev–Trinajstić information content (AvgIpc) is 3.47. The summed E-state index contributed by atoms with van der Waals surface area (Å²) in [7, 11) is 0. The molecular weight excluding hydrogens is 446 g/mol. The zero-order valence-corrected chi connectivity index (χ0v) is 20.1. The summed E-state index contributed by atoms with van der Waals surface area (Å²) in [4.78, 5) is 38.0. The molecule has 2 aliphatic rings. The number of Topliss-reactive ketones (excluding diaryl/α,β-unsaturated/α-hetero) is 2. The molecule has 4 rings (SSSR count). The van der Waals surface area contributed by atoms with E-state index in [1.807, 2.05) is 26.0 Å². The van der Waals surface area contributed by atoms with Crippen molar-refractivity contribution in [1.82, 2.24) is 0 Å². The number of benzene rings is 2. The predicted molar refractivity (Wildman–Crippen MR) is 130 cm³/mol. The van der Waals surface area contributed by atoms with Gasteiger partial charge >= 0.3 is 5.97 Å². The summed E-state index contributed by atoms with van der Waals surface area (Å²) in [6.45, 7) is 3.90. The minimum Gasteiger partial charge on any atom is -0.481 e. The molecule has 2 N–H and O–H groups in total. The fourth-order valence-corrected chi connectivity index (χ4v) is 5.21. The van der Waals surface area contributed by atoms with Gasteiger partial charge in [0, 0.05) is 30.7 Å². The molecule has 0 saturated carbocycles. The van der Waals surface area contributed by atoms with Crippen molar-refractivity contribution in [2.24, 2.45) is 23.7 Å². The Morgan fingerprint density at radius 1 is 0.971 bits per heavy atom. The fraction of sp³-hybridized carbons (Fsp3) is 0.429. The lowest BCUT2D eigenvalue weighted by Crippen LogP contribution is -2.30. The van der Waals surface area contributed by atoms with Crippen LogP contribution in [0.4, 0.5) is 0 Å². The smallest absolute Gasteiger partial charge is 0.303 e. The summed E-state index contributed by atoms with van der Waals surface area (Å²) in [6.07, 6.45) is 1.63. The van der Waals surface area contributed by atoms with Gasteiger partial charge in [-0.2, -0.15) is 0 Å². The molecule has 0 aromatic heterocycles. The van der Waals surface area contributed by atoms with Crippen LogP contribution in [0.2, 0.25) is 0 Å². The summed E-state index contributed by atoms with van der Waals surface area (Å²) in [5.41, 5.74) is 2.62. The van der Waals surface area contributed by atoms with Gasteiger partial charge in [-0.15, -0.1) is 0 Å². The second-order valence-corrected chi connectivity index (χ2v) is 9.90. The molecule has 1 heterocycles. The number of fused-ring (bicyclic) bond motifs is 2. The molecule has 0 radical (unpaired) electrons. The van der Waals surface area contributed by atoms with Gasteiger partial charge in [0.2, 0.25) is 12.6 Å². The van der Waals surface area contributed by atoms with Gasteiger partial charge in [-0.05, 0) is 59.9 Å². The van der Waals surface area contributed by atoms with Gasteiger partial charge in [-0.25, -0.2) is 0 Å². The molecule has 7 nitrogen and oxygen atoms in total. The highest BCUT2D eigenvalue weighted by Crippen LogP contribution is 2.36. The maximum atomic E-state index is 13.4. The van der Waals surface area contributed by atoms with Crippen LogP contribution in [-0.4, -0.2) is 35.1 Å². The van der Waals surface area contributed by atoms with Crippen molar-refractivity contribution in [3.8, 4) is 11.5 Å². The van der Waals surface area contributed by atoms with Crippen LogP contribution in [0.25, 0.3) is 0 Å². The number of nitrogens with one attached hydrogen (secondary N) is 1. The fourth-order valence-electron chi connectivity index (χ4n) is 5.21. The van der Waals surface area contributed by atoms with E-state index in [1.165, 1.54) is 11.1 Å². The molecule has 184 valence electrons. The first-order valence-electron chi connectivity index (χ1n) is 12.1. The highest BCUT2D eigenvalue weighted by molar-refractivity contribution is 6.45. The molecule has 2 unspecified atom stereocenters. The molecule has 1 aliphatic heterocycles. The molecule has 0 amide bonds. The van der Waals surface area contributed by atoms with Crippen LogP contribution < -0.4 is 9.47 Å². The molecule has 2 aromatic rings. The third-order valence-electron chi connectivity index (χ3n) is 7.20. The second-order valence-electron chi connectivity index (χ2n) is 9.90. The molecule has 2 atom stereocenters. The van der Waals surface area contributed by atoms with E-state index >= 15 is 0 Å². The average molecular weight is 478 g/mol. The van der Waals surface area contributed by atoms with Crippen molar-refractivity contribution < 1.29 is 29.0 Å². The van der Waals surface area contributed by atoms with Crippen LogP contribution in [0.1, 0.15) is 54.6 Å². The number of rotatable bonds is 11. The van der Waals surface area contributed by atoms with E-state index in [1.54, 1.807) is 18.2 Å². The predicted octanol–water partition coefficient (Wildman–Crippen LogP) is 4.75. The molecule has 7 heteroatoms. The summed E-state index contributed by atoms with van der Waals surface area (Å²) >= 11 is 0. The van der Waals surface area contributed by atoms with Crippen molar-refractivity contribution in [1.29, 1.82) is 5.41 Å². The SMILES string of the molecule is CC(C)C(CC(=N)C(=O)c1ccc2c(c1)OCO2)C(=O)CC(CC(=O)O)C1Cc2ccccc2C1. The Bertz CT molecular complexity index is 1130. The number of hydrogen-bond donors (Lipinski definition) is 2. The number of carbonyl (C=O) groups excluding carboxylic acids is 2. The van der Waals surface area contributed by atoms with Crippen LogP contribution >= 0.6 is 0 Å². The quantitative estimate of drug-likeness (QED) is 0.357. The van der Waals surface area contributed by atoms with Gasteiger partial charge in [-0.3, -0.25) is 14.4 Å². The Morgan fingerprint density at radius 2 is 1.63 bits per heavy atom. The zero-order valence-electron chi connectivity index (χ0n) is 20.1. The van der Waals surface area contributed by atoms with Crippen molar-refractivity contribution in [3.05, 3.63) is 59.2 Å². The lowest BCUT2D eigenvalue weighted by atomic mass is 9.77. The lowest BCUT2D eigenvalue weighted by molar-refractivity contribution is -0.139. The van der Waals surface area contributed by atoms with Crippen molar-refractivity contribution in [2.75, 3.05) is 6.79 Å². The summed E-state index contributed by atoms with van der Waals surface area (Å²) in [5, 5.41) is 18.0. The van der Waals surface area contributed by atoms with E-state index < -0.39 is 17.7 Å². The van der Waals surface area contributed by atoms with Crippen LogP contribution in [0.5, 0.6) is 11.5 Å². The Morgan fingerprint density at radius 3 is 2.26 bits per heavy atom. The topological polar surface area (TPSA) is 114 Å². The van der Waals surface area contributed by atoms with Crippen molar-refractivity contribution >= 4 is 23.2 Å². The van der Waals surface area contributed by atoms with Crippen LogP contribution in [0.15, 0.2) is 42.5 Å². The molecule has 35 heavy (non-hydrogen) atoms. The monoisotopic (exact) mass is 477 g/mol. The normalized spacial score (nSPS) is 16.1. The molecule has 0 spiro atoms. The number of aliphatic carboxylic acids is 1. The zero-order chi connectivity index (χ0) is 25.1. The third-order valence-corrected chi connectivity index (χ3v) is 7.20. The second kappa shape index (κ2) is 10.4. The summed E-state index contributed by atoms with van der Waals surface area (Å²) in [6, 6.07) is 12.9. The minimum atomic E-state index is -0.911. The van der Waals surface area contributed by atoms with E-state index in [2.05, 4.69) is 12.1 Å². The molecule has 0 fully saturated rings. The highest BCUT2D eigenvalue weighted by atomic mass is 16.7. The maximum Gasteiger partial charge on any atom is 0.303 e. The van der Waals surface area contributed by atoms with Crippen LogP contribution in [-0.2, 0) is 22.4 Å². The van der Waals surface area contributed by atoms with Crippen molar-refractivity contribution in [2.45, 2.75) is 46.0 Å². The summed E-state index contributed by atoms with van der Waals surface area (Å²) in [5.74, 6) is -1.22. The first-order chi connectivity index (χ1) is 16.7. The maximum absolute atomic E-state index is 13.4. The number of hydrogen-bond acceptors (Lipinski definition) is 6. The van der Waals surface area contributed by atoms with E-state index in [-0.39, 0.29) is 55.3 Å². The highest BCUT2D eigenvalue weighted by Gasteiger charge is 2.34. The minimum absolute atomic E-state index is 0.0223. The number of ether oxygens (including phenoxy) is 2. The van der Waals surface area contributed by atoms with Gasteiger partial charge in [0.05, 0.1) is 5.71 Å². The Kier molecular flexibility index (Phi) is 7.34. The lowest BCUT2D eigenvalue weighted by Gasteiger charge is -2.26. The number of carbonyl (C=O) groups is 3. The third kappa shape index (κ3) is 5.61. The Hall–Kier alpha value is -3.48. The van der Waals surface area contributed by atoms with Gasteiger partial charge in [0.25, 0.3) is 0 Å². The number of ketones is 2. The van der Waals surface area contributed by atoms with Gasteiger partial charge < -0.3 is 20.0 Å². The summed E-state index contributed by atoms with van der Waals surface area (Å²) < 4.78 is 10.6. The van der Waals surface area contributed by atoms with E-state index in [4.69, 9.17) is 14.9 Å². The standard InChI is InChI=1S/C28H31NO6/c1-16(2)22(14-23(29)28(33)19-7-8-25-26(12-19)35-15-34-25)24(30)11-21(13-27(31)32)20-9-17-5-3-4-6-18(17)10-20/h3-8,12,16,20-22,29H,9-11,13-15H2,1-2H3,(H,31,32). The molecule has 1 aliphatic carbocycles. The Labute approximate surface area is 205 Å². The first-order valence-corrected chi connectivity index (χ1v) is 12.1. The van der Waals surface area contributed by atoms with Crippen LogP contribution in [0, 0.1) is 29.1 Å². The van der Waals surface area contributed by atoms with E-state index in [0.29, 0.717) is 17.1 Å². The molecule has 2 aromatic carbocycles. The number of carboxylic acids is 1. The van der Waals surface area contributed by atoms with Gasteiger partial charge in [0.15, 0.2) is 11.5 Å². The van der Waals surface area contributed by atoms with Crippen LogP contribution in [0.3, 0.4) is 0 Å². The first kappa shape index (κ1) is 24.6. The largest absolute Gasteiger partial charge is 0.481 e. The van der Waals surface area contributed by atoms with Crippen molar-refractivity contribution in [3.63, 3.8) is 0 Å². The molecular formula is C28H31NO6. The van der Waals surface area contributed by atoms with Gasteiger partial charge in [-0.1, -0.05) is 38.1 Å². The molecule has 0 saturated heterocycles. The van der Waals surface area contributed by atoms with Gasteiger partial charge in [0.1, 0.15) is 5.78 Å². The van der Waals surface area contributed by atoms with E-state index in [9.17, 15) is 19.5 Å². The Balaban J connectivity index is 1.44.